The van der Waals surface area contributed by atoms with Gasteiger partial charge in [0.2, 0.25) is 0 Å². The van der Waals surface area contributed by atoms with E-state index in [9.17, 15) is 23.3 Å². The van der Waals surface area contributed by atoms with Crippen LogP contribution >= 0.6 is 0 Å². The number of hydrazone groups is 1. The minimum atomic E-state index is -4.40. The Hall–Kier alpha value is -3.61. The van der Waals surface area contributed by atoms with Gasteiger partial charge in [-0.15, -0.1) is 0 Å². The molecule has 1 fully saturated rings. The third-order valence-corrected chi connectivity index (χ3v) is 5.87. The molecule has 0 unspecified atom stereocenters. The van der Waals surface area contributed by atoms with Gasteiger partial charge in [0.1, 0.15) is 23.1 Å². The summed E-state index contributed by atoms with van der Waals surface area (Å²) in [5.74, 6) is 0.154. The Morgan fingerprint density at radius 2 is 2.03 bits per heavy atom. The number of piperazine rings is 1. The van der Waals surface area contributed by atoms with Crippen LogP contribution in [-0.2, 0) is 12.7 Å². The summed E-state index contributed by atoms with van der Waals surface area (Å²) in [4.78, 5) is 16.4. The zero-order valence-corrected chi connectivity index (χ0v) is 18.2. The average Bonchev–Trinajstić information content (AvgIpc) is 3.43. The first-order valence-electron chi connectivity index (χ1n) is 10.6. The zero-order chi connectivity index (χ0) is 24.1. The number of hydrogen-bond donors (Lipinski definition) is 0. The molecule has 0 radical (unpaired) electrons. The van der Waals surface area contributed by atoms with Crippen LogP contribution < -0.4 is 4.74 Å². The number of aromatic nitrogens is 2. The van der Waals surface area contributed by atoms with Gasteiger partial charge in [-0.05, 0) is 36.1 Å². The number of rotatable bonds is 5. The molecule has 1 saturated heterocycles. The van der Waals surface area contributed by atoms with E-state index in [0.717, 1.165) is 25.2 Å². The number of fused-ring (bicyclic) bond motifs is 2. The van der Waals surface area contributed by atoms with Crippen LogP contribution in [-0.4, -0.2) is 68.9 Å². The molecule has 4 heterocycles. The van der Waals surface area contributed by atoms with E-state index in [1.54, 1.807) is 4.57 Å². The number of imidazole rings is 1. The highest BCUT2D eigenvalue weighted by atomic mass is 19.4. The van der Waals surface area contributed by atoms with Crippen molar-refractivity contribution in [1.82, 2.24) is 19.5 Å². The van der Waals surface area contributed by atoms with Gasteiger partial charge in [0, 0.05) is 43.1 Å². The second-order valence-corrected chi connectivity index (χ2v) is 8.69. The van der Waals surface area contributed by atoms with Gasteiger partial charge in [-0.1, -0.05) is 0 Å². The Balaban J connectivity index is 1.15. The molecule has 0 spiro atoms. The van der Waals surface area contributed by atoms with E-state index in [2.05, 4.69) is 15.0 Å². The molecule has 0 bridgehead atoms. The summed E-state index contributed by atoms with van der Waals surface area (Å²) in [7, 11) is 0. The summed E-state index contributed by atoms with van der Waals surface area (Å²) < 4.78 is 51.8. The van der Waals surface area contributed by atoms with Crippen LogP contribution in [0.3, 0.4) is 0 Å². The van der Waals surface area contributed by atoms with Crippen molar-refractivity contribution in [3.05, 3.63) is 51.9 Å². The average molecular weight is 478 g/mol. The number of furan rings is 1. The molecule has 5 rings (SSSR count). The van der Waals surface area contributed by atoms with Crippen molar-refractivity contribution in [3.63, 3.8) is 0 Å². The maximum Gasteiger partial charge on any atom is 0.416 e. The van der Waals surface area contributed by atoms with Gasteiger partial charge >= 0.3 is 18.0 Å². The van der Waals surface area contributed by atoms with Crippen molar-refractivity contribution in [2.75, 3.05) is 32.7 Å². The molecule has 180 valence electrons. The molecule has 2 aliphatic heterocycles. The first-order chi connectivity index (χ1) is 16.1. The number of halogens is 3. The molecule has 0 amide bonds. The fourth-order valence-electron chi connectivity index (χ4n) is 4.29. The maximum atomic E-state index is 12.9. The van der Waals surface area contributed by atoms with E-state index in [4.69, 9.17) is 9.15 Å². The fourth-order valence-corrected chi connectivity index (χ4v) is 4.29. The first kappa shape index (κ1) is 22.2. The van der Waals surface area contributed by atoms with Crippen molar-refractivity contribution in [2.24, 2.45) is 5.10 Å². The molecule has 2 aliphatic rings. The quantitative estimate of drug-likeness (QED) is 0.315. The van der Waals surface area contributed by atoms with Crippen molar-refractivity contribution in [1.29, 1.82) is 0 Å². The molecule has 34 heavy (non-hydrogen) atoms. The number of nitro groups is 1. The lowest BCUT2D eigenvalue weighted by Gasteiger charge is -2.36. The van der Waals surface area contributed by atoms with E-state index in [1.165, 1.54) is 24.5 Å². The molecule has 2 aromatic heterocycles. The summed E-state index contributed by atoms with van der Waals surface area (Å²) in [5.41, 5.74) is -0.886. The standard InChI is InChI=1S/C21H21F3N6O4/c1-20(13-28-11-18(30(31)32)26-19(28)34-20)12-27-4-6-29(7-5-27)25-10-16-9-14-8-15(21(22,23)24)2-3-17(14)33-16/h2-3,8-11H,4-7,12-13H2,1H3/t20-/m1/s1. The van der Waals surface area contributed by atoms with E-state index in [1.807, 2.05) is 11.9 Å². The van der Waals surface area contributed by atoms with Crippen LogP contribution in [0.4, 0.5) is 19.0 Å². The summed E-state index contributed by atoms with van der Waals surface area (Å²) in [6, 6.07) is 5.16. The predicted molar refractivity (Wildman–Crippen MR) is 115 cm³/mol. The fraction of sp³-hybridized carbons (Fsp3) is 0.429. The smallest absolute Gasteiger partial charge is 0.416 e. The highest BCUT2D eigenvalue weighted by Gasteiger charge is 2.41. The highest BCUT2D eigenvalue weighted by molar-refractivity contribution is 5.87. The maximum absolute atomic E-state index is 12.9. The van der Waals surface area contributed by atoms with Crippen molar-refractivity contribution < 1.29 is 27.2 Å². The van der Waals surface area contributed by atoms with E-state index in [0.29, 0.717) is 42.9 Å². The van der Waals surface area contributed by atoms with Gasteiger partial charge in [-0.3, -0.25) is 14.5 Å². The van der Waals surface area contributed by atoms with E-state index in [-0.39, 0.29) is 11.8 Å². The van der Waals surface area contributed by atoms with Gasteiger partial charge in [0.25, 0.3) is 0 Å². The lowest BCUT2D eigenvalue weighted by molar-refractivity contribution is -0.389. The van der Waals surface area contributed by atoms with Gasteiger partial charge in [0.05, 0.1) is 18.3 Å². The number of benzene rings is 1. The van der Waals surface area contributed by atoms with Gasteiger partial charge in [-0.25, -0.2) is 0 Å². The largest absolute Gasteiger partial charge is 0.455 e. The molecular weight excluding hydrogens is 457 g/mol. The number of ether oxygens (including phenoxy) is 1. The molecule has 1 atom stereocenters. The zero-order valence-electron chi connectivity index (χ0n) is 18.2. The molecule has 0 saturated carbocycles. The SMILES string of the molecule is C[C@@]1(CN2CCN(N=Cc3cc4cc(C(F)(F)F)ccc4o3)CC2)Cn2cc([N+](=O)[O-])nc2O1. The highest BCUT2D eigenvalue weighted by Crippen LogP contribution is 2.33. The predicted octanol–water partition coefficient (Wildman–Crippen LogP) is 3.36. The van der Waals surface area contributed by atoms with Crippen LogP contribution in [0.25, 0.3) is 11.0 Å². The molecular formula is C21H21F3N6O4. The van der Waals surface area contributed by atoms with Crippen LogP contribution in [0.5, 0.6) is 6.01 Å². The third kappa shape index (κ3) is 4.42. The van der Waals surface area contributed by atoms with Crippen LogP contribution in [0.2, 0.25) is 0 Å². The summed E-state index contributed by atoms with van der Waals surface area (Å²) in [6.45, 7) is 5.82. The van der Waals surface area contributed by atoms with Crippen molar-refractivity contribution in [3.8, 4) is 6.01 Å². The van der Waals surface area contributed by atoms with Gasteiger partial charge in [-0.2, -0.15) is 18.3 Å². The van der Waals surface area contributed by atoms with Gasteiger partial charge in [0.15, 0.2) is 0 Å². The monoisotopic (exact) mass is 478 g/mol. The second kappa shape index (κ2) is 8.01. The van der Waals surface area contributed by atoms with Crippen LogP contribution in [0.15, 0.2) is 40.0 Å². The minimum Gasteiger partial charge on any atom is -0.455 e. The number of hydrogen-bond acceptors (Lipinski definition) is 8. The summed E-state index contributed by atoms with van der Waals surface area (Å²) >= 11 is 0. The van der Waals surface area contributed by atoms with E-state index < -0.39 is 22.3 Å². The number of alkyl halides is 3. The molecule has 3 aromatic rings. The Kier molecular flexibility index (Phi) is 5.23. The molecule has 0 N–H and O–H groups in total. The lowest BCUT2D eigenvalue weighted by Crippen LogP contribution is -2.51. The van der Waals surface area contributed by atoms with Crippen LogP contribution in [0.1, 0.15) is 18.2 Å². The Bertz CT molecular complexity index is 1240. The summed E-state index contributed by atoms with van der Waals surface area (Å²) in [5, 5.41) is 17.5. The Labute approximate surface area is 191 Å². The van der Waals surface area contributed by atoms with Crippen molar-refractivity contribution in [2.45, 2.75) is 25.2 Å². The number of nitrogens with zero attached hydrogens (tertiary/aromatic N) is 6. The molecule has 10 nitrogen and oxygen atoms in total. The normalized spacial score (nSPS) is 21.4. The second-order valence-electron chi connectivity index (χ2n) is 8.69. The molecule has 0 aliphatic carbocycles. The molecule has 13 heteroatoms. The Morgan fingerprint density at radius 3 is 2.71 bits per heavy atom. The first-order valence-corrected chi connectivity index (χ1v) is 10.6. The summed E-state index contributed by atoms with van der Waals surface area (Å²) in [6.07, 6.45) is -1.51. The third-order valence-electron chi connectivity index (χ3n) is 5.87. The van der Waals surface area contributed by atoms with Crippen LogP contribution in [0, 0.1) is 10.1 Å². The minimum absolute atomic E-state index is 0.228. The van der Waals surface area contributed by atoms with Crippen molar-refractivity contribution >= 4 is 23.0 Å². The lowest BCUT2D eigenvalue weighted by atomic mass is 10.1. The van der Waals surface area contributed by atoms with E-state index >= 15 is 0 Å². The Morgan fingerprint density at radius 1 is 1.26 bits per heavy atom. The molecule has 1 aromatic carbocycles. The van der Waals surface area contributed by atoms with Gasteiger partial charge < -0.3 is 19.3 Å². The topological polar surface area (TPSA) is 102 Å².